The first-order chi connectivity index (χ1) is 16.1. The minimum absolute atomic E-state index is 0.383. The van der Waals surface area contributed by atoms with Crippen LogP contribution in [0, 0.1) is 6.92 Å². The Hall–Kier alpha value is -3.23. The molecule has 4 aromatic rings. The molecule has 0 aliphatic heterocycles. The van der Waals surface area contributed by atoms with Gasteiger partial charge in [-0.3, -0.25) is 0 Å². The van der Waals surface area contributed by atoms with Gasteiger partial charge in [0.1, 0.15) is 17.1 Å². The van der Waals surface area contributed by atoms with E-state index < -0.39 is 5.97 Å². The Morgan fingerprint density at radius 1 is 1.15 bits per heavy atom. The predicted molar refractivity (Wildman–Crippen MR) is 133 cm³/mol. The van der Waals surface area contributed by atoms with Crippen LogP contribution < -0.4 is 10.1 Å². The molecular formula is C25H23N3O3S2. The van der Waals surface area contributed by atoms with Crippen molar-refractivity contribution in [2.45, 2.75) is 25.7 Å². The Labute approximate surface area is 200 Å². The van der Waals surface area contributed by atoms with Crippen molar-refractivity contribution in [1.82, 2.24) is 9.97 Å². The lowest BCUT2D eigenvalue weighted by molar-refractivity contribution is 0.0601. The van der Waals surface area contributed by atoms with Gasteiger partial charge in [-0.2, -0.15) is 0 Å². The number of carbonyl (C=O) groups is 1. The molecule has 168 valence electrons. The summed E-state index contributed by atoms with van der Waals surface area (Å²) >= 11 is 3.22. The maximum atomic E-state index is 12.5. The second-order valence-electron chi connectivity index (χ2n) is 7.90. The second kappa shape index (κ2) is 8.96. The molecule has 0 bridgehead atoms. The summed E-state index contributed by atoms with van der Waals surface area (Å²) in [4.78, 5) is 24.3. The fraction of sp³-hybridized carbons (Fsp3) is 0.240. The van der Waals surface area contributed by atoms with Crippen LogP contribution in [0.1, 0.15) is 39.6 Å². The minimum atomic E-state index is -0.437. The van der Waals surface area contributed by atoms with Crippen molar-refractivity contribution in [2.75, 3.05) is 19.5 Å². The highest BCUT2D eigenvalue weighted by atomic mass is 32.1. The lowest BCUT2D eigenvalue weighted by Gasteiger charge is -2.09. The Morgan fingerprint density at radius 2 is 2.00 bits per heavy atom. The van der Waals surface area contributed by atoms with Gasteiger partial charge in [-0.25, -0.2) is 14.8 Å². The third kappa shape index (κ3) is 4.36. The molecule has 0 amide bonds. The van der Waals surface area contributed by atoms with Crippen molar-refractivity contribution in [2.24, 2.45) is 0 Å². The van der Waals surface area contributed by atoms with E-state index in [1.807, 2.05) is 42.6 Å². The van der Waals surface area contributed by atoms with Gasteiger partial charge in [-0.1, -0.05) is 6.07 Å². The number of esters is 1. The molecule has 1 fully saturated rings. The second-order valence-corrected chi connectivity index (χ2v) is 9.88. The fourth-order valence-electron chi connectivity index (χ4n) is 3.75. The maximum absolute atomic E-state index is 12.5. The predicted octanol–water partition coefficient (Wildman–Crippen LogP) is 6.66. The summed E-state index contributed by atoms with van der Waals surface area (Å²) in [7, 11) is 3.06. The zero-order valence-corrected chi connectivity index (χ0v) is 20.2. The third-order valence-electron chi connectivity index (χ3n) is 5.59. The fourth-order valence-corrected chi connectivity index (χ4v) is 5.61. The van der Waals surface area contributed by atoms with E-state index in [2.05, 4.69) is 16.4 Å². The quantitative estimate of drug-likeness (QED) is 0.300. The number of thiazole rings is 1. The molecule has 33 heavy (non-hydrogen) atoms. The zero-order chi connectivity index (χ0) is 22.9. The van der Waals surface area contributed by atoms with Crippen LogP contribution in [0.4, 0.5) is 10.9 Å². The summed E-state index contributed by atoms with van der Waals surface area (Å²) in [6.07, 6.45) is 4.11. The summed E-state index contributed by atoms with van der Waals surface area (Å²) in [5.74, 6) is 1.40. The monoisotopic (exact) mass is 477 g/mol. The number of carbonyl (C=O) groups excluding carboxylic acids is 1. The van der Waals surface area contributed by atoms with Gasteiger partial charge in [-0.05, 0) is 67.0 Å². The Kier molecular flexibility index (Phi) is 5.86. The van der Waals surface area contributed by atoms with E-state index in [4.69, 9.17) is 14.5 Å². The first kappa shape index (κ1) is 21.6. The largest absolute Gasteiger partial charge is 0.496 e. The van der Waals surface area contributed by atoms with Crippen LogP contribution in [0.25, 0.3) is 21.7 Å². The Bertz CT molecular complexity index is 1310. The molecule has 3 aromatic heterocycles. The van der Waals surface area contributed by atoms with Crippen LogP contribution in [0.2, 0.25) is 0 Å². The van der Waals surface area contributed by atoms with Crippen molar-refractivity contribution in [3.63, 3.8) is 0 Å². The number of aryl methyl sites for hydroxylation is 1. The maximum Gasteiger partial charge on any atom is 0.341 e. The number of benzene rings is 1. The van der Waals surface area contributed by atoms with Crippen LogP contribution >= 0.6 is 22.7 Å². The molecule has 1 saturated carbocycles. The van der Waals surface area contributed by atoms with Crippen molar-refractivity contribution in [3.8, 4) is 27.4 Å². The standard InChI is InChI=1S/C25H23N3O3S2/c1-14-11-16(8-9-19(14)30-2)21-22(15-6-7-15)33-25(27-21)28-23-18(24(29)31-3)12-17(13-26-23)20-5-4-10-32-20/h4-5,8-13,15H,6-7H2,1-3H3,(H,26,27,28). The number of aromatic nitrogens is 2. The van der Waals surface area contributed by atoms with Crippen LogP contribution in [-0.2, 0) is 4.74 Å². The molecule has 8 heteroatoms. The average Bonchev–Trinajstić information content (AvgIpc) is 3.36. The topological polar surface area (TPSA) is 73.3 Å². The molecule has 3 heterocycles. The van der Waals surface area contributed by atoms with Crippen LogP contribution in [0.15, 0.2) is 48.0 Å². The van der Waals surface area contributed by atoms with Gasteiger partial charge in [0.25, 0.3) is 0 Å². The normalized spacial score (nSPS) is 13.1. The number of hydrogen-bond acceptors (Lipinski definition) is 8. The Balaban J connectivity index is 1.51. The average molecular weight is 478 g/mol. The van der Waals surface area contributed by atoms with Gasteiger partial charge in [0.05, 0.1) is 19.9 Å². The van der Waals surface area contributed by atoms with Crippen LogP contribution in [-0.4, -0.2) is 30.2 Å². The molecule has 1 aliphatic rings. The summed E-state index contributed by atoms with van der Waals surface area (Å²) in [6, 6.07) is 11.9. The Morgan fingerprint density at radius 3 is 2.67 bits per heavy atom. The number of hydrogen-bond donors (Lipinski definition) is 1. The summed E-state index contributed by atoms with van der Waals surface area (Å²) in [5.41, 5.74) is 4.37. The molecule has 0 spiro atoms. The van der Waals surface area contributed by atoms with Crippen molar-refractivity contribution < 1.29 is 14.3 Å². The summed E-state index contributed by atoms with van der Waals surface area (Å²) in [5, 5.41) is 5.99. The minimum Gasteiger partial charge on any atom is -0.496 e. The molecule has 1 aliphatic carbocycles. The summed E-state index contributed by atoms with van der Waals surface area (Å²) in [6.45, 7) is 2.03. The summed E-state index contributed by atoms with van der Waals surface area (Å²) < 4.78 is 10.4. The number of rotatable bonds is 7. The van der Waals surface area contributed by atoms with Gasteiger partial charge in [0, 0.05) is 27.1 Å². The van der Waals surface area contributed by atoms with Crippen molar-refractivity contribution in [1.29, 1.82) is 0 Å². The van der Waals surface area contributed by atoms with Crippen LogP contribution in [0.3, 0.4) is 0 Å². The number of thiophene rings is 1. The van der Waals surface area contributed by atoms with Crippen molar-refractivity contribution in [3.05, 3.63) is 64.0 Å². The molecule has 0 saturated heterocycles. The SMILES string of the molecule is COC(=O)c1cc(-c2cccs2)cnc1Nc1nc(-c2ccc(OC)c(C)c2)c(C2CC2)s1. The highest BCUT2D eigenvalue weighted by Gasteiger charge is 2.30. The van der Waals surface area contributed by atoms with Gasteiger partial charge in [0.2, 0.25) is 0 Å². The van der Waals surface area contributed by atoms with E-state index in [-0.39, 0.29) is 0 Å². The van der Waals surface area contributed by atoms with Gasteiger partial charge in [0.15, 0.2) is 5.13 Å². The zero-order valence-electron chi connectivity index (χ0n) is 18.5. The molecular weight excluding hydrogens is 454 g/mol. The highest BCUT2D eigenvalue weighted by Crippen LogP contribution is 2.49. The van der Waals surface area contributed by atoms with E-state index >= 15 is 0 Å². The number of nitrogens with one attached hydrogen (secondary N) is 1. The lowest BCUT2D eigenvalue weighted by atomic mass is 10.1. The molecule has 1 aromatic carbocycles. The first-order valence-electron chi connectivity index (χ1n) is 10.6. The van der Waals surface area contributed by atoms with E-state index in [0.29, 0.717) is 22.4 Å². The van der Waals surface area contributed by atoms with Gasteiger partial charge >= 0.3 is 5.97 Å². The van der Waals surface area contributed by atoms with E-state index in [1.165, 1.54) is 24.8 Å². The molecule has 0 unspecified atom stereocenters. The number of ether oxygens (including phenoxy) is 2. The van der Waals surface area contributed by atoms with E-state index in [1.54, 1.807) is 36.0 Å². The first-order valence-corrected chi connectivity index (χ1v) is 12.3. The molecule has 0 radical (unpaired) electrons. The smallest absolute Gasteiger partial charge is 0.341 e. The highest BCUT2D eigenvalue weighted by molar-refractivity contribution is 7.16. The molecule has 0 atom stereocenters. The number of nitrogens with zero attached hydrogens (tertiary/aromatic N) is 2. The molecule has 6 nitrogen and oxygen atoms in total. The number of pyridine rings is 1. The van der Waals surface area contributed by atoms with E-state index in [0.717, 1.165) is 33.0 Å². The number of methoxy groups -OCH3 is 2. The van der Waals surface area contributed by atoms with Gasteiger partial charge < -0.3 is 14.8 Å². The number of anilines is 2. The third-order valence-corrected chi connectivity index (χ3v) is 7.65. The molecule has 1 N–H and O–H groups in total. The molecule has 5 rings (SSSR count). The van der Waals surface area contributed by atoms with Gasteiger partial charge in [-0.15, -0.1) is 22.7 Å². The van der Waals surface area contributed by atoms with E-state index in [9.17, 15) is 4.79 Å². The lowest BCUT2D eigenvalue weighted by Crippen LogP contribution is -2.07. The van der Waals surface area contributed by atoms with Crippen molar-refractivity contribution >= 4 is 39.6 Å². The van der Waals surface area contributed by atoms with Crippen LogP contribution in [0.5, 0.6) is 5.75 Å².